The van der Waals surface area contributed by atoms with Gasteiger partial charge in [-0.3, -0.25) is 4.57 Å². The molecular formula is C19H18N4OS. The Morgan fingerprint density at radius 3 is 2.60 bits per heavy atom. The van der Waals surface area contributed by atoms with Crippen molar-refractivity contribution in [2.24, 2.45) is 0 Å². The van der Waals surface area contributed by atoms with E-state index in [1.54, 1.807) is 7.11 Å². The maximum atomic E-state index is 9.14. The standard InChI is InChI=1S/C19H18N4OS/c1-13-7-9-16(10-8-13)23-18(15-5-4-6-17(11-15)24-3)21-22-19(23)25-14(2)12-20/h4-11,14H,1-3H3/t14-/m1/s1. The molecule has 0 aliphatic carbocycles. The van der Waals surface area contributed by atoms with Gasteiger partial charge in [0.05, 0.1) is 18.4 Å². The lowest BCUT2D eigenvalue weighted by molar-refractivity contribution is 0.415. The first-order valence-electron chi connectivity index (χ1n) is 7.85. The summed E-state index contributed by atoms with van der Waals surface area (Å²) in [6.07, 6.45) is 0. The van der Waals surface area contributed by atoms with Crippen LogP contribution in [-0.4, -0.2) is 27.1 Å². The number of hydrogen-bond donors (Lipinski definition) is 0. The Hall–Kier alpha value is -2.78. The molecule has 0 saturated heterocycles. The van der Waals surface area contributed by atoms with E-state index < -0.39 is 0 Å². The highest BCUT2D eigenvalue weighted by Gasteiger charge is 2.18. The second-order valence-electron chi connectivity index (χ2n) is 5.60. The summed E-state index contributed by atoms with van der Waals surface area (Å²) in [5, 5.41) is 18.3. The van der Waals surface area contributed by atoms with E-state index >= 15 is 0 Å². The minimum atomic E-state index is -0.216. The number of thioether (sulfide) groups is 1. The summed E-state index contributed by atoms with van der Waals surface area (Å²) in [5.74, 6) is 1.48. The van der Waals surface area contributed by atoms with Gasteiger partial charge >= 0.3 is 0 Å². The van der Waals surface area contributed by atoms with E-state index in [4.69, 9.17) is 10.00 Å². The van der Waals surface area contributed by atoms with Gasteiger partial charge in [-0.05, 0) is 38.1 Å². The number of aromatic nitrogens is 3. The van der Waals surface area contributed by atoms with Crippen molar-refractivity contribution in [3.63, 3.8) is 0 Å². The first kappa shape index (κ1) is 17.1. The molecule has 3 aromatic rings. The molecule has 3 rings (SSSR count). The molecule has 5 nitrogen and oxygen atoms in total. The molecule has 0 saturated carbocycles. The highest BCUT2D eigenvalue weighted by Crippen LogP contribution is 2.31. The molecule has 0 unspecified atom stereocenters. The summed E-state index contributed by atoms with van der Waals surface area (Å²) in [6, 6.07) is 18.1. The first-order valence-corrected chi connectivity index (χ1v) is 8.73. The summed E-state index contributed by atoms with van der Waals surface area (Å²) in [6.45, 7) is 3.90. The van der Waals surface area contributed by atoms with Gasteiger partial charge in [-0.15, -0.1) is 10.2 Å². The molecule has 0 radical (unpaired) electrons. The van der Waals surface area contributed by atoms with E-state index in [0.717, 1.165) is 22.8 Å². The molecular weight excluding hydrogens is 332 g/mol. The summed E-state index contributed by atoms with van der Waals surface area (Å²) < 4.78 is 7.30. The highest BCUT2D eigenvalue weighted by atomic mass is 32.2. The first-order chi connectivity index (χ1) is 12.1. The lowest BCUT2D eigenvalue weighted by Gasteiger charge is -2.11. The fraction of sp³-hybridized carbons (Fsp3) is 0.211. The molecule has 6 heteroatoms. The minimum absolute atomic E-state index is 0.216. The molecule has 2 aromatic carbocycles. The number of rotatable bonds is 5. The van der Waals surface area contributed by atoms with Crippen LogP contribution in [0.2, 0.25) is 0 Å². The van der Waals surface area contributed by atoms with Crippen molar-refractivity contribution in [1.82, 2.24) is 14.8 Å². The maximum Gasteiger partial charge on any atom is 0.197 e. The van der Waals surface area contributed by atoms with Gasteiger partial charge in [0.2, 0.25) is 0 Å². The zero-order chi connectivity index (χ0) is 17.8. The van der Waals surface area contributed by atoms with E-state index in [1.165, 1.54) is 17.3 Å². The lowest BCUT2D eigenvalue weighted by Crippen LogP contribution is -2.02. The van der Waals surface area contributed by atoms with Crippen LogP contribution in [0.4, 0.5) is 0 Å². The fourth-order valence-corrected chi connectivity index (χ4v) is 3.16. The number of benzene rings is 2. The molecule has 1 aromatic heterocycles. The number of nitriles is 1. The molecule has 0 aliphatic heterocycles. The van der Waals surface area contributed by atoms with Crippen molar-refractivity contribution < 1.29 is 4.74 Å². The van der Waals surface area contributed by atoms with Gasteiger partial charge in [0.15, 0.2) is 11.0 Å². The number of nitrogens with zero attached hydrogens (tertiary/aromatic N) is 4. The van der Waals surface area contributed by atoms with Crippen LogP contribution in [0.15, 0.2) is 53.7 Å². The van der Waals surface area contributed by atoms with Crippen molar-refractivity contribution >= 4 is 11.8 Å². The Labute approximate surface area is 151 Å². The third-order valence-electron chi connectivity index (χ3n) is 3.72. The van der Waals surface area contributed by atoms with Crippen LogP contribution in [0, 0.1) is 18.3 Å². The number of ether oxygens (including phenoxy) is 1. The van der Waals surface area contributed by atoms with Crippen molar-refractivity contribution in [2.75, 3.05) is 7.11 Å². The average Bonchev–Trinajstić information content (AvgIpc) is 3.05. The Kier molecular flexibility index (Phi) is 5.05. The third-order valence-corrected chi connectivity index (χ3v) is 4.65. The predicted octanol–water partition coefficient (Wildman–Crippen LogP) is 4.26. The van der Waals surface area contributed by atoms with Crippen LogP contribution < -0.4 is 4.74 Å². The fourth-order valence-electron chi connectivity index (χ4n) is 2.41. The number of hydrogen-bond acceptors (Lipinski definition) is 5. The van der Waals surface area contributed by atoms with Crippen LogP contribution in [0.1, 0.15) is 12.5 Å². The monoisotopic (exact) mass is 350 g/mol. The average molecular weight is 350 g/mol. The third kappa shape index (κ3) is 3.67. The smallest absolute Gasteiger partial charge is 0.197 e. The molecule has 0 amide bonds. The van der Waals surface area contributed by atoms with E-state index in [-0.39, 0.29) is 5.25 Å². The van der Waals surface area contributed by atoms with Crippen LogP contribution in [-0.2, 0) is 0 Å². The Morgan fingerprint density at radius 2 is 1.92 bits per heavy atom. The molecule has 126 valence electrons. The number of aryl methyl sites for hydroxylation is 1. The second kappa shape index (κ2) is 7.41. The Morgan fingerprint density at radius 1 is 1.16 bits per heavy atom. The van der Waals surface area contributed by atoms with Crippen molar-refractivity contribution in [3.05, 3.63) is 54.1 Å². The van der Waals surface area contributed by atoms with Crippen molar-refractivity contribution in [3.8, 4) is 28.9 Å². The van der Waals surface area contributed by atoms with Gasteiger partial charge in [0.25, 0.3) is 0 Å². The second-order valence-corrected chi connectivity index (χ2v) is 6.91. The van der Waals surface area contributed by atoms with Crippen LogP contribution >= 0.6 is 11.8 Å². The van der Waals surface area contributed by atoms with E-state index in [1.807, 2.05) is 66.9 Å². The van der Waals surface area contributed by atoms with E-state index in [9.17, 15) is 0 Å². The summed E-state index contributed by atoms with van der Waals surface area (Å²) in [7, 11) is 1.64. The van der Waals surface area contributed by atoms with Crippen LogP contribution in [0.25, 0.3) is 17.1 Å². The van der Waals surface area contributed by atoms with Gasteiger partial charge in [0, 0.05) is 11.3 Å². The molecule has 0 aliphatic rings. The van der Waals surface area contributed by atoms with Gasteiger partial charge in [-0.2, -0.15) is 5.26 Å². The van der Waals surface area contributed by atoms with Crippen LogP contribution in [0.3, 0.4) is 0 Å². The SMILES string of the molecule is COc1cccc(-c2nnc(S[C@H](C)C#N)n2-c2ccc(C)cc2)c1. The molecule has 25 heavy (non-hydrogen) atoms. The summed E-state index contributed by atoms with van der Waals surface area (Å²) in [4.78, 5) is 0. The van der Waals surface area contributed by atoms with E-state index in [0.29, 0.717) is 5.16 Å². The lowest BCUT2D eigenvalue weighted by atomic mass is 10.2. The normalized spacial score (nSPS) is 11.8. The molecule has 0 bridgehead atoms. The maximum absolute atomic E-state index is 9.14. The predicted molar refractivity (Wildman–Crippen MR) is 99.0 cm³/mol. The van der Waals surface area contributed by atoms with E-state index in [2.05, 4.69) is 16.3 Å². The van der Waals surface area contributed by atoms with Crippen LogP contribution in [0.5, 0.6) is 5.75 Å². The van der Waals surface area contributed by atoms with Gasteiger partial charge in [-0.25, -0.2) is 0 Å². The summed E-state index contributed by atoms with van der Waals surface area (Å²) >= 11 is 1.39. The Balaban J connectivity index is 2.15. The molecule has 1 atom stereocenters. The zero-order valence-electron chi connectivity index (χ0n) is 14.3. The quantitative estimate of drug-likeness (QED) is 0.644. The number of methoxy groups -OCH3 is 1. The van der Waals surface area contributed by atoms with Gasteiger partial charge < -0.3 is 4.74 Å². The molecule has 0 N–H and O–H groups in total. The topological polar surface area (TPSA) is 63.7 Å². The molecule has 1 heterocycles. The minimum Gasteiger partial charge on any atom is -0.497 e. The molecule has 0 spiro atoms. The van der Waals surface area contributed by atoms with Gasteiger partial charge in [-0.1, -0.05) is 41.6 Å². The van der Waals surface area contributed by atoms with Crippen molar-refractivity contribution in [1.29, 1.82) is 5.26 Å². The van der Waals surface area contributed by atoms with Crippen molar-refractivity contribution in [2.45, 2.75) is 24.3 Å². The highest BCUT2D eigenvalue weighted by molar-refractivity contribution is 8.00. The summed E-state index contributed by atoms with van der Waals surface area (Å²) in [5.41, 5.74) is 3.05. The largest absolute Gasteiger partial charge is 0.497 e. The zero-order valence-corrected chi connectivity index (χ0v) is 15.1. The molecule has 0 fully saturated rings. The van der Waals surface area contributed by atoms with Gasteiger partial charge in [0.1, 0.15) is 5.75 Å². The Bertz CT molecular complexity index is 912.